The van der Waals surface area contributed by atoms with E-state index in [9.17, 15) is 4.79 Å². The number of carbonyl (C=O) groups is 1. The summed E-state index contributed by atoms with van der Waals surface area (Å²) in [6.07, 6.45) is 4.02. The largest absolute Gasteiger partial charge is 0.444 e. The SMILES string of the molecule is Cc1cc(CNc2cnc3c(c2)CC(NC(=O)OC(C)(C)C)CC3)n(C)n1. The number of aryl methyl sites for hydroxylation is 3. The molecule has 1 aliphatic rings. The van der Waals surface area contributed by atoms with E-state index < -0.39 is 5.60 Å². The van der Waals surface area contributed by atoms with Gasteiger partial charge in [-0.05, 0) is 64.7 Å². The number of anilines is 1. The fraction of sp³-hybridized carbons (Fsp3) is 0.550. The lowest BCUT2D eigenvalue weighted by molar-refractivity contribution is 0.0500. The highest BCUT2D eigenvalue weighted by molar-refractivity contribution is 5.68. The van der Waals surface area contributed by atoms with Crippen LogP contribution in [0.2, 0.25) is 0 Å². The number of hydrogen-bond donors (Lipinski definition) is 2. The monoisotopic (exact) mass is 371 g/mol. The highest BCUT2D eigenvalue weighted by Gasteiger charge is 2.24. The molecule has 1 aliphatic carbocycles. The normalized spacial score (nSPS) is 16.6. The van der Waals surface area contributed by atoms with E-state index in [0.717, 1.165) is 42.0 Å². The van der Waals surface area contributed by atoms with Crippen LogP contribution in [0.5, 0.6) is 0 Å². The Morgan fingerprint density at radius 3 is 2.81 bits per heavy atom. The number of carbonyl (C=O) groups excluding carboxylic acids is 1. The lowest BCUT2D eigenvalue weighted by atomic mass is 9.91. The second-order valence-electron chi connectivity index (χ2n) is 8.17. The molecule has 2 aromatic heterocycles. The zero-order valence-electron chi connectivity index (χ0n) is 16.8. The van der Waals surface area contributed by atoms with E-state index in [4.69, 9.17) is 4.74 Å². The first-order valence-corrected chi connectivity index (χ1v) is 9.40. The number of amides is 1. The van der Waals surface area contributed by atoms with E-state index in [2.05, 4.69) is 32.8 Å². The molecule has 2 heterocycles. The highest BCUT2D eigenvalue weighted by atomic mass is 16.6. The summed E-state index contributed by atoms with van der Waals surface area (Å²) < 4.78 is 7.25. The van der Waals surface area contributed by atoms with Gasteiger partial charge in [0.05, 0.1) is 29.8 Å². The van der Waals surface area contributed by atoms with Gasteiger partial charge in [0.1, 0.15) is 5.60 Å². The Bertz CT molecular complexity index is 822. The summed E-state index contributed by atoms with van der Waals surface area (Å²) in [7, 11) is 1.95. The molecule has 0 aromatic carbocycles. The Balaban J connectivity index is 1.61. The smallest absolute Gasteiger partial charge is 0.407 e. The molecule has 0 saturated heterocycles. The molecule has 0 aliphatic heterocycles. The van der Waals surface area contributed by atoms with Crippen LogP contribution in [0.4, 0.5) is 10.5 Å². The van der Waals surface area contributed by atoms with Crippen molar-refractivity contribution in [2.75, 3.05) is 5.32 Å². The zero-order chi connectivity index (χ0) is 19.6. The van der Waals surface area contributed by atoms with Crippen LogP contribution in [0.1, 0.15) is 49.8 Å². The first kappa shape index (κ1) is 19.2. The first-order chi connectivity index (χ1) is 12.7. The van der Waals surface area contributed by atoms with Gasteiger partial charge in [0, 0.05) is 18.8 Å². The minimum atomic E-state index is -0.487. The maximum absolute atomic E-state index is 12.0. The van der Waals surface area contributed by atoms with Gasteiger partial charge in [-0.25, -0.2) is 4.79 Å². The van der Waals surface area contributed by atoms with E-state index in [0.29, 0.717) is 6.54 Å². The van der Waals surface area contributed by atoms with Crippen LogP contribution in [0.3, 0.4) is 0 Å². The Labute approximate surface area is 160 Å². The molecule has 0 fully saturated rings. The molecule has 146 valence electrons. The summed E-state index contributed by atoms with van der Waals surface area (Å²) in [5.74, 6) is 0. The molecule has 1 unspecified atom stereocenters. The minimum absolute atomic E-state index is 0.0733. The molecule has 0 spiro atoms. The molecule has 0 saturated carbocycles. The number of nitrogens with zero attached hydrogens (tertiary/aromatic N) is 3. The van der Waals surface area contributed by atoms with Crippen LogP contribution in [0, 0.1) is 6.92 Å². The second kappa shape index (κ2) is 7.58. The van der Waals surface area contributed by atoms with Gasteiger partial charge >= 0.3 is 6.09 Å². The van der Waals surface area contributed by atoms with Crippen LogP contribution in [0.25, 0.3) is 0 Å². The third kappa shape index (κ3) is 5.21. The third-order valence-corrected chi connectivity index (χ3v) is 4.55. The molecule has 0 bridgehead atoms. The minimum Gasteiger partial charge on any atom is -0.444 e. The number of aromatic nitrogens is 3. The highest BCUT2D eigenvalue weighted by Crippen LogP contribution is 2.23. The van der Waals surface area contributed by atoms with Crippen molar-refractivity contribution in [3.8, 4) is 0 Å². The van der Waals surface area contributed by atoms with Crippen molar-refractivity contribution in [2.45, 2.75) is 65.1 Å². The van der Waals surface area contributed by atoms with Crippen molar-refractivity contribution < 1.29 is 9.53 Å². The van der Waals surface area contributed by atoms with E-state index in [1.807, 2.05) is 45.6 Å². The second-order valence-corrected chi connectivity index (χ2v) is 8.17. The van der Waals surface area contributed by atoms with Crippen LogP contribution in [-0.4, -0.2) is 32.5 Å². The number of pyridine rings is 1. The Morgan fingerprint density at radius 2 is 2.15 bits per heavy atom. The first-order valence-electron chi connectivity index (χ1n) is 9.40. The number of nitrogens with one attached hydrogen (secondary N) is 2. The van der Waals surface area contributed by atoms with Gasteiger partial charge in [-0.3, -0.25) is 9.67 Å². The van der Waals surface area contributed by atoms with Crippen LogP contribution >= 0.6 is 0 Å². The van der Waals surface area contributed by atoms with Crippen LogP contribution in [0.15, 0.2) is 18.3 Å². The van der Waals surface area contributed by atoms with Gasteiger partial charge in [-0.15, -0.1) is 0 Å². The molecule has 1 amide bonds. The van der Waals surface area contributed by atoms with E-state index in [-0.39, 0.29) is 12.1 Å². The molecule has 2 N–H and O–H groups in total. The number of alkyl carbamates (subject to hydrolysis) is 1. The van der Waals surface area contributed by atoms with Gasteiger partial charge in [0.2, 0.25) is 0 Å². The summed E-state index contributed by atoms with van der Waals surface area (Å²) in [4.78, 5) is 16.6. The van der Waals surface area contributed by atoms with Crippen molar-refractivity contribution in [1.29, 1.82) is 0 Å². The number of hydrogen-bond acceptors (Lipinski definition) is 5. The van der Waals surface area contributed by atoms with Gasteiger partial charge in [-0.2, -0.15) is 5.10 Å². The van der Waals surface area contributed by atoms with Crippen molar-refractivity contribution >= 4 is 11.8 Å². The van der Waals surface area contributed by atoms with Crippen molar-refractivity contribution in [2.24, 2.45) is 7.05 Å². The van der Waals surface area contributed by atoms with E-state index in [1.165, 1.54) is 5.56 Å². The molecule has 3 rings (SSSR count). The van der Waals surface area contributed by atoms with Crippen LogP contribution < -0.4 is 10.6 Å². The maximum Gasteiger partial charge on any atom is 0.407 e. The summed E-state index contributed by atoms with van der Waals surface area (Å²) in [5, 5.41) is 10.8. The fourth-order valence-corrected chi connectivity index (χ4v) is 3.34. The number of ether oxygens (including phenoxy) is 1. The lowest BCUT2D eigenvalue weighted by Gasteiger charge is -2.27. The van der Waals surface area contributed by atoms with Crippen molar-refractivity contribution in [1.82, 2.24) is 20.1 Å². The summed E-state index contributed by atoms with van der Waals surface area (Å²) in [6.45, 7) is 8.29. The van der Waals surface area contributed by atoms with Crippen molar-refractivity contribution in [3.05, 3.63) is 41.0 Å². The topological polar surface area (TPSA) is 81.1 Å². The molecule has 7 nitrogen and oxygen atoms in total. The fourth-order valence-electron chi connectivity index (χ4n) is 3.34. The van der Waals surface area contributed by atoms with Gasteiger partial charge in [0.25, 0.3) is 0 Å². The maximum atomic E-state index is 12.0. The average Bonchev–Trinajstić information content (AvgIpc) is 2.88. The molecule has 7 heteroatoms. The average molecular weight is 371 g/mol. The summed E-state index contributed by atoms with van der Waals surface area (Å²) in [6, 6.07) is 4.28. The van der Waals surface area contributed by atoms with Gasteiger partial charge in [-0.1, -0.05) is 0 Å². The zero-order valence-corrected chi connectivity index (χ0v) is 16.8. The molecular weight excluding hydrogens is 342 g/mol. The number of fused-ring (bicyclic) bond motifs is 1. The lowest BCUT2D eigenvalue weighted by Crippen LogP contribution is -2.42. The Morgan fingerprint density at radius 1 is 1.37 bits per heavy atom. The standard InChI is InChI=1S/C20H29N5O2/c1-13-8-17(25(5)24-13)12-21-16-10-14-9-15(6-7-18(14)22-11-16)23-19(26)27-20(2,3)4/h8,10-11,15,21H,6-7,9,12H2,1-5H3,(H,23,26). The molecule has 0 radical (unpaired) electrons. The predicted octanol–water partition coefficient (Wildman–Crippen LogP) is 3.12. The van der Waals surface area contributed by atoms with Crippen LogP contribution in [-0.2, 0) is 31.2 Å². The molecular formula is C20H29N5O2. The summed E-state index contributed by atoms with van der Waals surface area (Å²) >= 11 is 0. The Kier molecular flexibility index (Phi) is 5.39. The molecule has 1 atom stereocenters. The summed E-state index contributed by atoms with van der Waals surface area (Å²) in [5.41, 5.74) is 4.90. The van der Waals surface area contributed by atoms with Gasteiger partial charge < -0.3 is 15.4 Å². The van der Waals surface area contributed by atoms with Crippen molar-refractivity contribution in [3.63, 3.8) is 0 Å². The van der Waals surface area contributed by atoms with Gasteiger partial charge in [0.15, 0.2) is 0 Å². The van der Waals surface area contributed by atoms with E-state index >= 15 is 0 Å². The quantitative estimate of drug-likeness (QED) is 0.863. The number of rotatable bonds is 4. The Hall–Kier alpha value is -2.57. The predicted molar refractivity (Wildman–Crippen MR) is 105 cm³/mol. The molecule has 27 heavy (non-hydrogen) atoms. The third-order valence-electron chi connectivity index (χ3n) is 4.55. The molecule has 2 aromatic rings. The van der Waals surface area contributed by atoms with E-state index in [1.54, 1.807) is 0 Å².